The Kier molecular flexibility index (Phi) is 10.2. The Labute approximate surface area is 308 Å². The van der Waals surface area contributed by atoms with Crippen molar-refractivity contribution in [1.29, 1.82) is 0 Å². The number of benzene rings is 4. The molecule has 4 aromatic carbocycles. The SMILES string of the molecule is O=C1c2c(O)ccc(O)c2C(=O)c2c(NCCN3CCOC3c3c(Cl)cccc3Cl)ccc(NCCN3CCOC3c3c(Cl)cccc3Cl)c21. The Balaban J connectivity index is 1.13. The average molecular weight is 758 g/mol. The van der Waals surface area contributed by atoms with Crippen LogP contribution in [0, 0.1) is 0 Å². The highest BCUT2D eigenvalue weighted by molar-refractivity contribution is 6.37. The first kappa shape index (κ1) is 34.9. The van der Waals surface area contributed by atoms with E-state index >= 15 is 0 Å². The molecule has 260 valence electrons. The monoisotopic (exact) mass is 756 g/mol. The third-order valence-electron chi connectivity index (χ3n) is 9.17. The van der Waals surface area contributed by atoms with Gasteiger partial charge in [0, 0.05) is 81.9 Å². The first-order valence-corrected chi connectivity index (χ1v) is 17.5. The Morgan fingerprint density at radius 3 is 1.36 bits per heavy atom. The van der Waals surface area contributed by atoms with Crippen LogP contribution in [0.1, 0.15) is 55.4 Å². The minimum atomic E-state index is -0.583. The van der Waals surface area contributed by atoms with Crippen LogP contribution in [0.4, 0.5) is 11.4 Å². The van der Waals surface area contributed by atoms with E-state index < -0.39 is 35.5 Å². The minimum Gasteiger partial charge on any atom is -0.507 e. The van der Waals surface area contributed by atoms with Crippen LogP contribution in [0.25, 0.3) is 0 Å². The van der Waals surface area contributed by atoms with Gasteiger partial charge in [-0.3, -0.25) is 19.4 Å². The number of rotatable bonds is 10. The van der Waals surface area contributed by atoms with Crippen molar-refractivity contribution in [2.24, 2.45) is 0 Å². The summed E-state index contributed by atoms with van der Waals surface area (Å²) in [6.45, 7) is 4.01. The van der Waals surface area contributed by atoms with Crippen molar-refractivity contribution in [3.8, 4) is 11.5 Å². The summed E-state index contributed by atoms with van der Waals surface area (Å²) < 4.78 is 12.0. The summed E-state index contributed by atoms with van der Waals surface area (Å²) in [5.74, 6) is -1.95. The molecule has 2 heterocycles. The number of aromatic hydroxyl groups is 2. The number of carbonyl (C=O) groups is 2. The molecule has 3 aliphatic rings. The number of phenolic OH excluding ortho intramolecular Hbond substituents is 2. The number of carbonyl (C=O) groups excluding carboxylic acids is 2. The van der Waals surface area contributed by atoms with E-state index in [0.29, 0.717) is 95.1 Å². The van der Waals surface area contributed by atoms with Gasteiger partial charge in [-0.25, -0.2) is 0 Å². The van der Waals surface area contributed by atoms with Crippen LogP contribution < -0.4 is 10.6 Å². The largest absolute Gasteiger partial charge is 0.507 e. The van der Waals surface area contributed by atoms with Crippen molar-refractivity contribution in [3.63, 3.8) is 0 Å². The first-order chi connectivity index (χ1) is 24.2. The van der Waals surface area contributed by atoms with Gasteiger partial charge in [-0.05, 0) is 48.5 Å². The molecule has 10 nitrogen and oxygen atoms in total. The molecule has 2 saturated heterocycles. The maximum absolute atomic E-state index is 14.1. The lowest BCUT2D eigenvalue weighted by atomic mass is 9.81. The topological polar surface area (TPSA) is 124 Å². The zero-order chi connectivity index (χ0) is 35.1. The van der Waals surface area contributed by atoms with Crippen LogP contribution in [0.2, 0.25) is 20.1 Å². The minimum absolute atomic E-state index is 0.0991. The summed E-state index contributed by atoms with van der Waals surface area (Å²) in [7, 11) is 0. The van der Waals surface area contributed by atoms with Gasteiger partial charge in [-0.15, -0.1) is 0 Å². The number of nitrogens with one attached hydrogen (secondary N) is 2. The number of halogens is 4. The molecule has 14 heteroatoms. The van der Waals surface area contributed by atoms with E-state index in [9.17, 15) is 19.8 Å². The van der Waals surface area contributed by atoms with Gasteiger partial charge in [-0.2, -0.15) is 0 Å². The second-order valence-corrected chi connectivity index (χ2v) is 13.7. The molecule has 2 aliphatic heterocycles. The van der Waals surface area contributed by atoms with E-state index in [4.69, 9.17) is 55.9 Å². The number of fused-ring (bicyclic) bond motifs is 2. The number of phenols is 2. The fraction of sp³-hybridized carbons (Fsp3) is 0.278. The van der Waals surface area contributed by atoms with Crippen LogP contribution in [0.5, 0.6) is 11.5 Å². The normalized spacial score (nSPS) is 19.1. The maximum Gasteiger partial charge on any atom is 0.200 e. The molecule has 0 radical (unpaired) electrons. The van der Waals surface area contributed by atoms with E-state index in [1.54, 1.807) is 48.5 Å². The number of nitrogens with zero attached hydrogens (tertiary/aromatic N) is 2. The van der Waals surface area contributed by atoms with Crippen molar-refractivity contribution in [2.45, 2.75) is 12.5 Å². The fourth-order valence-corrected chi connectivity index (χ4v) is 7.99. The molecule has 0 bridgehead atoms. The molecule has 4 aromatic rings. The van der Waals surface area contributed by atoms with Crippen LogP contribution in [-0.4, -0.2) is 84.1 Å². The van der Waals surface area contributed by atoms with Crippen LogP contribution >= 0.6 is 46.4 Å². The van der Waals surface area contributed by atoms with Gasteiger partial charge in [0.05, 0.1) is 35.5 Å². The zero-order valence-corrected chi connectivity index (χ0v) is 29.5. The lowest BCUT2D eigenvalue weighted by Crippen LogP contribution is -2.31. The molecule has 0 amide bonds. The second kappa shape index (κ2) is 14.6. The third kappa shape index (κ3) is 6.40. The fourth-order valence-electron chi connectivity index (χ4n) is 6.82. The van der Waals surface area contributed by atoms with Crippen LogP contribution in [0.15, 0.2) is 60.7 Å². The van der Waals surface area contributed by atoms with Gasteiger partial charge in [-0.1, -0.05) is 58.5 Å². The van der Waals surface area contributed by atoms with Crippen molar-refractivity contribution in [3.05, 3.63) is 114 Å². The zero-order valence-electron chi connectivity index (χ0n) is 26.5. The maximum atomic E-state index is 14.1. The predicted octanol–water partition coefficient (Wildman–Crippen LogP) is 7.37. The van der Waals surface area contributed by atoms with Crippen molar-refractivity contribution in [2.75, 3.05) is 63.1 Å². The summed E-state index contributed by atoms with van der Waals surface area (Å²) >= 11 is 25.9. The molecule has 0 spiro atoms. The van der Waals surface area contributed by atoms with Gasteiger partial charge in [0.25, 0.3) is 0 Å². The summed E-state index contributed by atoms with van der Waals surface area (Å²) in [6.07, 6.45) is -0.883. The number of hydrogen-bond acceptors (Lipinski definition) is 10. The summed E-state index contributed by atoms with van der Waals surface area (Å²) in [5, 5.41) is 30.0. The highest BCUT2D eigenvalue weighted by Crippen LogP contribution is 2.43. The van der Waals surface area contributed by atoms with Gasteiger partial charge < -0.3 is 30.3 Å². The van der Waals surface area contributed by atoms with Crippen molar-refractivity contribution in [1.82, 2.24) is 9.80 Å². The highest BCUT2D eigenvalue weighted by atomic mass is 35.5. The van der Waals surface area contributed by atoms with E-state index in [1.807, 2.05) is 0 Å². The van der Waals surface area contributed by atoms with Crippen molar-refractivity contribution >= 4 is 69.3 Å². The Bertz CT molecular complexity index is 1810. The molecular formula is C36H32Cl4N4O6. The molecule has 0 aromatic heterocycles. The molecule has 4 N–H and O–H groups in total. The highest BCUT2D eigenvalue weighted by Gasteiger charge is 2.38. The molecule has 7 rings (SSSR count). The standard InChI is InChI=1S/C36H32Cl4N4O6/c37-19-3-1-4-20(38)27(19)35-43(15-17-49-35)13-11-41-23-7-8-24(30-29(23)33(47)31-25(45)9-10-26(46)32(31)34(30)48)42-12-14-44-16-18-50-36(44)28-21(39)5-2-6-22(28)40/h1-10,35-36,41-42,45-46H,11-18H2. The van der Waals surface area contributed by atoms with Gasteiger partial charge in [0.15, 0.2) is 0 Å². The number of anilines is 2. The lowest BCUT2D eigenvalue weighted by molar-refractivity contribution is 0.0347. The van der Waals surface area contributed by atoms with E-state index in [-0.39, 0.29) is 22.3 Å². The van der Waals surface area contributed by atoms with Gasteiger partial charge in [0.1, 0.15) is 24.0 Å². The first-order valence-electron chi connectivity index (χ1n) is 16.0. The van der Waals surface area contributed by atoms with Crippen LogP contribution in [-0.2, 0) is 9.47 Å². The molecule has 50 heavy (non-hydrogen) atoms. The third-order valence-corrected chi connectivity index (χ3v) is 10.5. The van der Waals surface area contributed by atoms with E-state index in [2.05, 4.69) is 20.4 Å². The van der Waals surface area contributed by atoms with Crippen molar-refractivity contribution < 1.29 is 29.3 Å². The molecule has 2 unspecified atom stereocenters. The lowest BCUT2D eigenvalue weighted by Gasteiger charge is -2.27. The molecule has 0 saturated carbocycles. The van der Waals surface area contributed by atoms with Gasteiger partial charge in [0.2, 0.25) is 11.6 Å². The Morgan fingerprint density at radius 2 is 0.980 bits per heavy atom. The second-order valence-electron chi connectivity index (χ2n) is 12.1. The Morgan fingerprint density at radius 1 is 0.600 bits per heavy atom. The number of hydrogen-bond donors (Lipinski definition) is 4. The summed E-state index contributed by atoms with van der Waals surface area (Å²) in [5.41, 5.74) is 1.92. The van der Waals surface area contributed by atoms with Gasteiger partial charge >= 0.3 is 0 Å². The number of ketones is 2. The average Bonchev–Trinajstić information content (AvgIpc) is 3.74. The van der Waals surface area contributed by atoms with Crippen LogP contribution in [0.3, 0.4) is 0 Å². The summed E-state index contributed by atoms with van der Waals surface area (Å²) in [6, 6.07) is 16.5. The van der Waals surface area contributed by atoms with E-state index in [1.165, 1.54) is 12.1 Å². The molecular weight excluding hydrogens is 726 g/mol. The molecule has 2 atom stereocenters. The quantitative estimate of drug-likeness (QED) is 0.107. The molecule has 2 fully saturated rings. The predicted molar refractivity (Wildman–Crippen MR) is 194 cm³/mol. The Hall–Kier alpha value is -3.58. The molecule has 1 aliphatic carbocycles. The van der Waals surface area contributed by atoms with E-state index in [0.717, 1.165) is 0 Å². The number of ether oxygens (including phenoxy) is 2. The summed E-state index contributed by atoms with van der Waals surface area (Å²) in [4.78, 5) is 32.3. The smallest absolute Gasteiger partial charge is 0.200 e.